The van der Waals surface area contributed by atoms with Crippen molar-refractivity contribution in [1.29, 1.82) is 0 Å². The van der Waals surface area contributed by atoms with Gasteiger partial charge < -0.3 is 15.7 Å². The molecule has 0 fully saturated rings. The van der Waals surface area contributed by atoms with Gasteiger partial charge in [0.05, 0.1) is 11.5 Å². The van der Waals surface area contributed by atoms with Crippen molar-refractivity contribution in [2.75, 3.05) is 16.8 Å². The molecule has 0 unspecified atom stereocenters. The molecule has 22 heavy (non-hydrogen) atoms. The third-order valence-corrected chi connectivity index (χ3v) is 3.69. The summed E-state index contributed by atoms with van der Waals surface area (Å²) >= 11 is 1.13. The molecule has 0 aliphatic carbocycles. The monoisotopic (exact) mass is 324 g/mol. The molecule has 0 saturated carbocycles. The number of hydrogen-bond acceptors (Lipinski definition) is 4. The molecule has 7 heteroatoms. The third kappa shape index (κ3) is 6.17. The van der Waals surface area contributed by atoms with Crippen LogP contribution in [0.4, 0.5) is 5.69 Å². The van der Waals surface area contributed by atoms with Crippen LogP contribution in [0, 0.1) is 6.92 Å². The first kappa shape index (κ1) is 18.0. The third-order valence-electron chi connectivity index (χ3n) is 2.75. The molecule has 6 nitrogen and oxygen atoms in total. The highest BCUT2D eigenvalue weighted by Crippen LogP contribution is 2.11. The second-order valence-corrected chi connectivity index (χ2v) is 6.37. The molecule has 1 aromatic rings. The number of rotatable bonds is 7. The predicted molar refractivity (Wildman–Crippen MR) is 87.0 cm³/mol. The highest BCUT2D eigenvalue weighted by molar-refractivity contribution is 8.00. The summed E-state index contributed by atoms with van der Waals surface area (Å²) in [6, 6.07) is 7.42. The zero-order chi connectivity index (χ0) is 16.8. The number of aryl methyl sites for hydroxylation is 1. The zero-order valence-corrected chi connectivity index (χ0v) is 13.6. The maximum atomic E-state index is 11.7. The van der Waals surface area contributed by atoms with Gasteiger partial charge in [-0.05, 0) is 38.5 Å². The maximum Gasteiger partial charge on any atom is 0.328 e. The van der Waals surface area contributed by atoms with E-state index in [1.807, 2.05) is 25.1 Å². The summed E-state index contributed by atoms with van der Waals surface area (Å²) in [6.45, 7) is 4.74. The van der Waals surface area contributed by atoms with Gasteiger partial charge in [-0.15, -0.1) is 11.8 Å². The van der Waals surface area contributed by atoms with E-state index in [9.17, 15) is 14.4 Å². The molecule has 3 N–H and O–H groups in total. The minimum atomic E-state index is -1.32. The molecule has 0 aromatic heterocycles. The second-order valence-electron chi connectivity index (χ2n) is 5.39. The fourth-order valence-corrected chi connectivity index (χ4v) is 2.21. The van der Waals surface area contributed by atoms with Crippen LogP contribution in [0.5, 0.6) is 0 Å². The summed E-state index contributed by atoms with van der Waals surface area (Å²) in [5, 5.41) is 14.0. The molecule has 1 rings (SSSR count). The van der Waals surface area contributed by atoms with E-state index in [4.69, 9.17) is 5.11 Å². The molecule has 0 radical (unpaired) electrons. The van der Waals surface area contributed by atoms with Crippen molar-refractivity contribution in [2.24, 2.45) is 0 Å². The van der Waals surface area contributed by atoms with Crippen LogP contribution < -0.4 is 10.6 Å². The van der Waals surface area contributed by atoms with Crippen molar-refractivity contribution in [3.63, 3.8) is 0 Å². The lowest BCUT2D eigenvalue weighted by Gasteiger charge is -2.20. The average Bonchev–Trinajstić information content (AvgIpc) is 2.37. The first-order valence-corrected chi connectivity index (χ1v) is 7.85. The number of carboxylic acid groups (broad SMARTS) is 1. The van der Waals surface area contributed by atoms with E-state index in [0.717, 1.165) is 17.3 Å². The van der Waals surface area contributed by atoms with Gasteiger partial charge in [0.15, 0.2) is 0 Å². The molecule has 0 saturated heterocycles. The van der Waals surface area contributed by atoms with Gasteiger partial charge in [-0.1, -0.05) is 12.1 Å². The van der Waals surface area contributed by atoms with Crippen molar-refractivity contribution < 1.29 is 19.5 Å². The Morgan fingerprint density at radius 3 is 2.41 bits per heavy atom. The summed E-state index contributed by atoms with van der Waals surface area (Å²) in [4.78, 5) is 34.2. The lowest BCUT2D eigenvalue weighted by Crippen LogP contribution is -2.50. The van der Waals surface area contributed by atoms with Gasteiger partial charge in [0.2, 0.25) is 11.8 Å². The first-order valence-electron chi connectivity index (χ1n) is 6.69. The molecule has 120 valence electrons. The predicted octanol–water partition coefficient (Wildman–Crippen LogP) is 1.65. The van der Waals surface area contributed by atoms with Gasteiger partial charge in [0, 0.05) is 5.69 Å². The summed E-state index contributed by atoms with van der Waals surface area (Å²) in [5.41, 5.74) is 0.435. The fourth-order valence-electron chi connectivity index (χ4n) is 1.59. The minimum absolute atomic E-state index is 0.0257. The molecule has 0 atom stereocenters. The Labute approximate surface area is 133 Å². The van der Waals surface area contributed by atoms with Crippen molar-refractivity contribution in [3.05, 3.63) is 29.8 Å². The lowest BCUT2D eigenvalue weighted by molar-refractivity contribution is -0.145. The van der Waals surface area contributed by atoms with Crippen molar-refractivity contribution >= 4 is 35.2 Å². The van der Waals surface area contributed by atoms with E-state index >= 15 is 0 Å². The highest BCUT2D eigenvalue weighted by Gasteiger charge is 2.28. The molecule has 0 aliphatic heterocycles. The molecule has 0 spiro atoms. The van der Waals surface area contributed by atoms with Crippen LogP contribution in [-0.2, 0) is 14.4 Å². The fraction of sp³-hybridized carbons (Fsp3) is 0.400. The van der Waals surface area contributed by atoms with E-state index in [1.165, 1.54) is 13.8 Å². The Morgan fingerprint density at radius 1 is 1.18 bits per heavy atom. The van der Waals surface area contributed by atoms with Crippen LogP contribution in [-0.4, -0.2) is 39.9 Å². The Kier molecular flexibility index (Phi) is 6.42. The van der Waals surface area contributed by atoms with Crippen molar-refractivity contribution in [2.45, 2.75) is 26.3 Å². The number of amides is 2. The van der Waals surface area contributed by atoms with Crippen LogP contribution in [0.3, 0.4) is 0 Å². The van der Waals surface area contributed by atoms with Crippen LogP contribution in [0.15, 0.2) is 24.3 Å². The first-order chi connectivity index (χ1) is 10.2. The van der Waals surface area contributed by atoms with Gasteiger partial charge in [0.1, 0.15) is 5.54 Å². The number of anilines is 1. The molecule has 1 aromatic carbocycles. The smallest absolute Gasteiger partial charge is 0.328 e. The topological polar surface area (TPSA) is 95.5 Å². The SMILES string of the molecule is Cc1cccc(NC(=O)CSCC(=O)NC(C)(C)C(=O)O)c1. The van der Waals surface area contributed by atoms with Crippen LogP contribution >= 0.6 is 11.8 Å². The minimum Gasteiger partial charge on any atom is -0.480 e. The molecule has 0 aliphatic rings. The Hall–Kier alpha value is -2.02. The molecular weight excluding hydrogens is 304 g/mol. The Morgan fingerprint density at radius 2 is 1.82 bits per heavy atom. The van der Waals surface area contributed by atoms with E-state index < -0.39 is 17.4 Å². The zero-order valence-electron chi connectivity index (χ0n) is 12.8. The van der Waals surface area contributed by atoms with Crippen LogP contribution in [0.25, 0.3) is 0 Å². The number of thioether (sulfide) groups is 1. The molecule has 2 amide bonds. The second kappa shape index (κ2) is 7.84. The van der Waals surface area contributed by atoms with Gasteiger partial charge in [0.25, 0.3) is 0 Å². The molecular formula is C15H20N2O4S. The van der Waals surface area contributed by atoms with Crippen molar-refractivity contribution in [1.82, 2.24) is 5.32 Å². The number of aliphatic carboxylic acids is 1. The van der Waals surface area contributed by atoms with Crippen LogP contribution in [0.2, 0.25) is 0 Å². The van der Waals surface area contributed by atoms with E-state index in [2.05, 4.69) is 10.6 Å². The number of hydrogen-bond donors (Lipinski definition) is 3. The lowest BCUT2D eigenvalue weighted by atomic mass is 10.1. The summed E-state index contributed by atoms with van der Waals surface area (Å²) in [6.07, 6.45) is 0. The molecule has 0 bridgehead atoms. The van der Waals surface area contributed by atoms with E-state index in [-0.39, 0.29) is 17.4 Å². The quantitative estimate of drug-likeness (QED) is 0.709. The van der Waals surface area contributed by atoms with Crippen molar-refractivity contribution in [3.8, 4) is 0 Å². The number of nitrogens with one attached hydrogen (secondary N) is 2. The summed E-state index contributed by atoms with van der Waals surface area (Å²) in [5.74, 6) is -1.59. The maximum absolute atomic E-state index is 11.7. The van der Waals surface area contributed by atoms with Gasteiger partial charge >= 0.3 is 5.97 Å². The van der Waals surface area contributed by atoms with E-state index in [0.29, 0.717) is 5.69 Å². The Balaban J connectivity index is 2.33. The van der Waals surface area contributed by atoms with Gasteiger partial charge in [-0.25, -0.2) is 4.79 Å². The standard InChI is InChI=1S/C15H20N2O4S/c1-10-5-4-6-11(7-10)16-12(18)8-22-9-13(19)17-15(2,3)14(20)21/h4-7H,8-9H2,1-3H3,(H,16,18)(H,17,19)(H,20,21). The largest absolute Gasteiger partial charge is 0.480 e. The summed E-state index contributed by atoms with van der Waals surface area (Å²) < 4.78 is 0. The Bertz CT molecular complexity index is 572. The number of carbonyl (C=O) groups is 3. The normalized spacial score (nSPS) is 10.9. The number of carboxylic acids is 1. The van der Waals surface area contributed by atoms with Crippen LogP contribution in [0.1, 0.15) is 19.4 Å². The van der Waals surface area contributed by atoms with Gasteiger partial charge in [-0.2, -0.15) is 0 Å². The van der Waals surface area contributed by atoms with Gasteiger partial charge in [-0.3, -0.25) is 9.59 Å². The number of benzene rings is 1. The number of carbonyl (C=O) groups excluding carboxylic acids is 2. The highest BCUT2D eigenvalue weighted by atomic mass is 32.2. The average molecular weight is 324 g/mol. The van der Waals surface area contributed by atoms with E-state index in [1.54, 1.807) is 6.07 Å². The molecule has 0 heterocycles. The summed E-state index contributed by atoms with van der Waals surface area (Å²) in [7, 11) is 0.